The molecule has 3 aromatic heterocycles. The van der Waals surface area contributed by atoms with Gasteiger partial charge in [-0.2, -0.15) is 0 Å². The summed E-state index contributed by atoms with van der Waals surface area (Å²) in [4.78, 5) is 14.5. The van der Waals surface area contributed by atoms with E-state index < -0.39 is 0 Å². The van der Waals surface area contributed by atoms with Gasteiger partial charge in [0.15, 0.2) is 0 Å². The van der Waals surface area contributed by atoms with E-state index in [0.29, 0.717) is 0 Å². The summed E-state index contributed by atoms with van der Waals surface area (Å²) < 4.78 is 0. The van der Waals surface area contributed by atoms with E-state index in [2.05, 4.69) is 25.3 Å². The van der Waals surface area contributed by atoms with Crippen LogP contribution in [0.1, 0.15) is 19.3 Å². The van der Waals surface area contributed by atoms with E-state index in [9.17, 15) is 0 Å². The molecule has 3 N–H and O–H groups in total. The van der Waals surface area contributed by atoms with Crippen LogP contribution >= 0.6 is 0 Å². The molecule has 0 aromatic carbocycles. The number of nitrogens with zero attached hydrogens (tertiary/aromatic N) is 2. The lowest BCUT2D eigenvalue weighted by atomic mass is 10.2. The number of fused-ring (bicyclic) bond motifs is 3. The average Bonchev–Trinajstić information content (AvgIpc) is 3.09. The summed E-state index contributed by atoms with van der Waals surface area (Å²) in [6.45, 7) is 2.50. The van der Waals surface area contributed by atoms with Gasteiger partial charge in [0, 0.05) is 11.6 Å². The number of aromatic nitrogens is 4. The summed E-state index contributed by atoms with van der Waals surface area (Å²) in [5, 5.41) is 4.35. The van der Waals surface area contributed by atoms with Gasteiger partial charge in [-0.3, -0.25) is 0 Å². The molecule has 5 nitrogen and oxygen atoms in total. The Bertz CT molecular complexity index is 559. The Morgan fingerprint density at radius 1 is 1.00 bits per heavy atom. The van der Waals surface area contributed by atoms with Crippen LogP contribution in [0.3, 0.4) is 0 Å². The second kappa shape index (κ2) is 5.18. The monoisotopic (exact) mass is 243 g/mol. The number of aromatic amines is 2. The van der Waals surface area contributed by atoms with Crippen molar-refractivity contribution in [1.29, 1.82) is 0 Å². The van der Waals surface area contributed by atoms with Crippen LogP contribution in [-0.4, -0.2) is 33.0 Å². The number of imidazole rings is 1. The summed E-state index contributed by atoms with van der Waals surface area (Å²) in [5.74, 6) is 0. The van der Waals surface area contributed by atoms with Gasteiger partial charge in [-0.25, -0.2) is 9.97 Å². The number of pyridine rings is 1. The van der Waals surface area contributed by atoms with E-state index >= 15 is 0 Å². The highest BCUT2D eigenvalue weighted by molar-refractivity contribution is 6.00. The van der Waals surface area contributed by atoms with Gasteiger partial charge in [-0.1, -0.05) is 6.42 Å². The number of hydrogen-bond donors (Lipinski definition) is 3. The molecule has 4 rings (SSSR count). The van der Waals surface area contributed by atoms with E-state index in [1.807, 2.05) is 12.3 Å². The summed E-state index contributed by atoms with van der Waals surface area (Å²) in [7, 11) is 0. The Kier molecular flexibility index (Phi) is 3.23. The lowest BCUT2D eigenvalue weighted by Crippen LogP contribution is -2.21. The van der Waals surface area contributed by atoms with Crippen molar-refractivity contribution in [3.8, 4) is 0 Å². The smallest absolute Gasteiger partial charge is 0.139 e. The predicted molar refractivity (Wildman–Crippen MR) is 72.5 cm³/mol. The highest BCUT2D eigenvalue weighted by Crippen LogP contribution is 2.18. The fourth-order valence-electron chi connectivity index (χ4n) is 2.21. The zero-order valence-electron chi connectivity index (χ0n) is 10.2. The first-order chi connectivity index (χ1) is 8.95. The lowest BCUT2D eigenvalue weighted by Gasteiger charge is -2.08. The highest BCUT2D eigenvalue weighted by Gasteiger charge is 2.02. The van der Waals surface area contributed by atoms with Crippen molar-refractivity contribution in [2.75, 3.05) is 13.1 Å². The second-order valence-corrected chi connectivity index (χ2v) is 4.47. The molecule has 0 bridgehead atoms. The molecule has 1 fully saturated rings. The van der Waals surface area contributed by atoms with Gasteiger partial charge >= 0.3 is 0 Å². The van der Waals surface area contributed by atoms with Crippen LogP contribution in [0.4, 0.5) is 0 Å². The van der Waals surface area contributed by atoms with E-state index in [0.717, 1.165) is 22.1 Å². The van der Waals surface area contributed by atoms with Crippen LogP contribution in [0.25, 0.3) is 22.1 Å². The molecule has 1 aliphatic rings. The lowest BCUT2D eigenvalue weighted by molar-refractivity contribution is 0.520. The first-order valence-electron chi connectivity index (χ1n) is 6.41. The third-order valence-corrected chi connectivity index (χ3v) is 3.18. The quantitative estimate of drug-likeness (QED) is 0.567. The van der Waals surface area contributed by atoms with Crippen molar-refractivity contribution in [3.63, 3.8) is 0 Å². The molecular weight excluding hydrogens is 226 g/mol. The SMILES string of the molecule is C1CCNCC1.c1nc2c(cnc3[nH]ccc32)[nH]1. The highest BCUT2D eigenvalue weighted by atomic mass is 14.9. The van der Waals surface area contributed by atoms with Gasteiger partial charge in [-0.15, -0.1) is 0 Å². The van der Waals surface area contributed by atoms with E-state index in [4.69, 9.17) is 0 Å². The molecule has 5 heteroatoms. The first kappa shape index (κ1) is 11.2. The maximum absolute atomic E-state index is 4.21. The van der Waals surface area contributed by atoms with Gasteiger partial charge in [-0.05, 0) is 32.0 Å². The Balaban J connectivity index is 0.000000142. The fraction of sp³-hybridized carbons (Fsp3) is 0.385. The van der Waals surface area contributed by atoms with Gasteiger partial charge < -0.3 is 15.3 Å². The number of piperidine rings is 1. The maximum atomic E-state index is 4.21. The number of rotatable bonds is 0. The first-order valence-corrected chi connectivity index (χ1v) is 6.41. The number of nitrogens with one attached hydrogen (secondary N) is 3. The molecule has 94 valence electrons. The molecule has 0 atom stereocenters. The minimum atomic E-state index is 0.884. The fourth-order valence-corrected chi connectivity index (χ4v) is 2.21. The van der Waals surface area contributed by atoms with E-state index in [1.54, 1.807) is 12.5 Å². The Hall–Kier alpha value is -1.88. The van der Waals surface area contributed by atoms with Crippen molar-refractivity contribution in [3.05, 3.63) is 24.8 Å². The molecule has 4 heterocycles. The Morgan fingerprint density at radius 2 is 1.89 bits per heavy atom. The van der Waals surface area contributed by atoms with Crippen LogP contribution in [0.15, 0.2) is 24.8 Å². The molecule has 18 heavy (non-hydrogen) atoms. The predicted octanol–water partition coefficient (Wildman–Crippen LogP) is 2.20. The molecule has 0 amide bonds. The van der Waals surface area contributed by atoms with Crippen molar-refractivity contribution in [1.82, 2.24) is 25.3 Å². The average molecular weight is 243 g/mol. The van der Waals surface area contributed by atoms with Crippen LogP contribution in [0.5, 0.6) is 0 Å². The standard InChI is InChI=1S/C8H6N4.C5H11N/c1-2-9-8-5(1)7-6(3-10-8)11-4-12-7;1-2-4-6-5-3-1/h1-4H,(H,9,10)(H,11,12);6H,1-5H2. The van der Waals surface area contributed by atoms with Crippen molar-refractivity contribution < 1.29 is 0 Å². The number of H-pyrrole nitrogens is 2. The van der Waals surface area contributed by atoms with Gasteiger partial charge in [0.25, 0.3) is 0 Å². The maximum Gasteiger partial charge on any atom is 0.139 e. The molecule has 3 aromatic rings. The molecule has 0 aliphatic carbocycles. The molecule has 1 saturated heterocycles. The van der Waals surface area contributed by atoms with E-state index in [-0.39, 0.29) is 0 Å². The minimum absolute atomic E-state index is 0.884. The zero-order chi connectivity index (χ0) is 12.2. The minimum Gasteiger partial charge on any atom is -0.346 e. The molecule has 1 aliphatic heterocycles. The third-order valence-electron chi connectivity index (χ3n) is 3.18. The molecule has 0 spiro atoms. The zero-order valence-corrected chi connectivity index (χ0v) is 10.2. The molecule has 0 unspecified atom stereocenters. The Morgan fingerprint density at radius 3 is 2.61 bits per heavy atom. The van der Waals surface area contributed by atoms with Crippen molar-refractivity contribution >= 4 is 22.1 Å². The van der Waals surface area contributed by atoms with Crippen molar-refractivity contribution in [2.45, 2.75) is 19.3 Å². The summed E-state index contributed by atoms with van der Waals surface area (Å²) in [5.41, 5.74) is 2.83. The topological polar surface area (TPSA) is 69.4 Å². The molecule has 0 radical (unpaired) electrons. The third kappa shape index (κ3) is 2.22. The van der Waals surface area contributed by atoms with Crippen molar-refractivity contribution in [2.24, 2.45) is 0 Å². The second-order valence-electron chi connectivity index (χ2n) is 4.47. The van der Waals surface area contributed by atoms with Gasteiger partial charge in [0.05, 0.1) is 18.0 Å². The molecule has 0 saturated carbocycles. The largest absolute Gasteiger partial charge is 0.346 e. The van der Waals surface area contributed by atoms with Crippen LogP contribution < -0.4 is 5.32 Å². The summed E-state index contributed by atoms with van der Waals surface area (Å²) in [6, 6.07) is 1.98. The Labute approximate surface area is 105 Å². The van der Waals surface area contributed by atoms with Crippen LogP contribution in [0, 0.1) is 0 Å². The summed E-state index contributed by atoms with van der Waals surface area (Å²) >= 11 is 0. The van der Waals surface area contributed by atoms with Gasteiger partial charge in [0.1, 0.15) is 11.2 Å². The number of hydrogen-bond acceptors (Lipinski definition) is 3. The van der Waals surface area contributed by atoms with Crippen LogP contribution in [-0.2, 0) is 0 Å². The molecular formula is C13H17N5. The van der Waals surface area contributed by atoms with Gasteiger partial charge in [0.2, 0.25) is 0 Å². The summed E-state index contributed by atoms with van der Waals surface area (Å²) in [6.07, 6.45) is 9.54. The van der Waals surface area contributed by atoms with Crippen LogP contribution in [0.2, 0.25) is 0 Å². The van der Waals surface area contributed by atoms with E-state index in [1.165, 1.54) is 32.4 Å². The normalized spacial score (nSPS) is 15.6.